The van der Waals surface area contributed by atoms with E-state index in [0.29, 0.717) is 5.41 Å². The van der Waals surface area contributed by atoms with E-state index in [4.69, 9.17) is 4.74 Å². The second kappa shape index (κ2) is 6.49. The number of hydrogen-bond acceptors (Lipinski definition) is 2. The van der Waals surface area contributed by atoms with E-state index >= 15 is 0 Å². The molecule has 0 amide bonds. The second-order valence-corrected chi connectivity index (χ2v) is 5.02. The van der Waals surface area contributed by atoms with E-state index in [1.54, 1.807) is 7.11 Å². The molecule has 0 aliphatic heterocycles. The molecule has 0 radical (unpaired) electrons. The number of methoxy groups -OCH3 is 1. The van der Waals surface area contributed by atoms with E-state index in [-0.39, 0.29) is 0 Å². The highest BCUT2D eigenvalue weighted by Crippen LogP contribution is 2.48. The van der Waals surface area contributed by atoms with E-state index in [1.165, 1.54) is 45.1 Å². The van der Waals surface area contributed by atoms with Crippen molar-refractivity contribution < 1.29 is 4.74 Å². The molecule has 1 atom stereocenters. The Morgan fingerprint density at radius 1 is 1.33 bits per heavy atom. The van der Waals surface area contributed by atoms with Gasteiger partial charge in [-0.1, -0.05) is 20.3 Å². The molecule has 0 aromatic heterocycles. The van der Waals surface area contributed by atoms with Crippen LogP contribution in [-0.2, 0) is 4.74 Å². The van der Waals surface area contributed by atoms with Gasteiger partial charge in [0.2, 0.25) is 0 Å². The maximum Gasteiger partial charge on any atom is 0.0468 e. The first-order chi connectivity index (χ1) is 7.26. The van der Waals surface area contributed by atoms with Crippen molar-refractivity contribution in [1.82, 2.24) is 5.32 Å². The van der Waals surface area contributed by atoms with Crippen LogP contribution in [0.25, 0.3) is 0 Å². The molecule has 2 heteroatoms. The van der Waals surface area contributed by atoms with Gasteiger partial charge in [0, 0.05) is 26.3 Å². The Hall–Kier alpha value is -0.0800. The lowest BCUT2D eigenvalue weighted by molar-refractivity contribution is 0.170. The average Bonchev–Trinajstić information content (AvgIpc) is 3.02. The Balaban J connectivity index is 2.17. The smallest absolute Gasteiger partial charge is 0.0468 e. The van der Waals surface area contributed by atoms with Crippen LogP contribution >= 0.6 is 0 Å². The SMILES string of the molecule is CCCC(CC)NCC1(CCOC)CC1. The molecule has 1 unspecified atom stereocenters. The number of nitrogens with one attached hydrogen (secondary N) is 1. The van der Waals surface area contributed by atoms with Crippen molar-refractivity contribution in [2.45, 2.75) is 58.4 Å². The Bertz CT molecular complexity index is 166. The minimum absolute atomic E-state index is 0.594. The molecule has 0 bridgehead atoms. The third kappa shape index (κ3) is 4.52. The van der Waals surface area contributed by atoms with Crippen molar-refractivity contribution in [2.24, 2.45) is 5.41 Å². The molecule has 1 aliphatic carbocycles. The minimum Gasteiger partial charge on any atom is -0.385 e. The van der Waals surface area contributed by atoms with Gasteiger partial charge < -0.3 is 10.1 Å². The summed E-state index contributed by atoms with van der Waals surface area (Å²) in [6.07, 6.45) is 7.89. The fourth-order valence-corrected chi connectivity index (χ4v) is 2.17. The van der Waals surface area contributed by atoms with Crippen molar-refractivity contribution >= 4 is 0 Å². The predicted octanol–water partition coefficient (Wildman–Crippen LogP) is 2.97. The van der Waals surface area contributed by atoms with Crippen molar-refractivity contribution in [1.29, 1.82) is 0 Å². The third-order valence-corrected chi connectivity index (χ3v) is 3.69. The third-order valence-electron chi connectivity index (χ3n) is 3.69. The van der Waals surface area contributed by atoms with Gasteiger partial charge in [0.05, 0.1) is 0 Å². The normalized spacial score (nSPS) is 20.2. The quantitative estimate of drug-likeness (QED) is 0.636. The topological polar surface area (TPSA) is 21.3 Å². The van der Waals surface area contributed by atoms with Crippen molar-refractivity contribution in [3.63, 3.8) is 0 Å². The van der Waals surface area contributed by atoms with Crippen molar-refractivity contribution in [3.8, 4) is 0 Å². The van der Waals surface area contributed by atoms with E-state index < -0.39 is 0 Å². The molecule has 2 nitrogen and oxygen atoms in total. The van der Waals surface area contributed by atoms with Crippen LogP contribution in [0.15, 0.2) is 0 Å². The summed E-state index contributed by atoms with van der Waals surface area (Å²) in [6, 6.07) is 0.731. The van der Waals surface area contributed by atoms with E-state index in [1.807, 2.05) is 0 Å². The summed E-state index contributed by atoms with van der Waals surface area (Å²) in [7, 11) is 1.80. The van der Waals surface area contributed by atoms with Gasteiger partial charge in [-0.15, -0.1) is 0 Å². The molecular weight excluding hydrogens is 186 g/mol. The molecule has 1 saturated carbocycles. The van der Waals surface area contributed by atoms with Crippen LogP contribution in [-0.4, -0.2) is 26.3 Å². The second-order valence-electron chi connectivity index (χ2n) is 5.02. The fourth-order valence-electron chi connectivity index (χ4n) is 2.17. The van der Waals surface area contributed by atoms with E-state index in [9.17, 15) is 0 Å². The first-order valence-corrected chi connectivity index (χ1v) is 6.48. The molecule has 0 saturated heterocycles. The van der Waals surface area contributed by atoms with Crippen LogP contribution in [0, 0.1) is 5.41 Å². The Morgan fingerprint density at radius 2 is 2.07 bits per heavy atom. The molecular formula is C13H27NO. The summed E-state index contributed by atoms with van der Waals surface area (Å²) in [5, 5.41) is 3.73. The Kier molecular flexibility index (Phi) is 5.62. The zero-order valence-corrected chi connectivity index (χ0v) is 10.6. The van der Waals surface area contributed by atoms with Gasteiger partial charge in [-0.3, -0.25) is 0 Å². The summed E-state index contributed by atoms with van der Waals surface area (Å²) in [6.45, 7) is 6.67. The largest absolute Gasteiger partial charge is 0.385 e. The van der Waals surface area contributed by atoms with Crippen LogP contribution in [0.3, 0.4) is 0 Å². The molecule has 15 heavy (non-hydrogen) atoms. The molecule has 0 aromatic rings. The number of ether oxygens (including phenoxy) is 1. The molecule has 0 heterocycles. The maximum absolute atomic E-state index is 5.17. The lowest BCUT2D eigenvalue weighted by atomic mass is 10.0. The van der Waals surface area contributed by atoms with Crippen molar-refractivity contribution in [2.75, 3.05) is 20.3 Å². The highest BCUT2D eigenvalue weighted by atomic mass is 16.5. The van der Waals surface area contributed by atoms with Crippen LogP contribution in [0.4, 0.5) is 0 Å². The summed E-state index contributed by atoms with van der Waals surface area (Å²) in [5.41, 5.74) is 0.594. The maximum atomic E-state index is 5.17. The summed E-state index contributed by atoms with van der Waals surface area (Å²) in [4.78, 5) is 0. The number of rotatable bonds is 9. The monoisotopic (exact) mass is 213 g/mol. The predicted molar refractivity (Wildman–Crippen MR) is 65.1 cm³/mol. The lowest BCUT2D eigenvalue weighted by Crippen LogP contribution is -2.34. The van der Waals surface area contributed by atoms with Crippen LogP contribution in [0.5, 0.6) is 0 Å². The van der Waals surface area contributed by atoms with E-state index in [0.717, 1.165) is 12.6 Å². The zero-order chi connectivity index (χ0) is 11.1. The van der Waals surface area contributed by atoms with Gasteiger partial charge in [-0.2, -0.15) is 0 Å². The molecule has 0 aromatic carbocycles. The molecule has 1 rings (SSSR count). The first-order valence-electron chi connectivity index (χ1n) is 6.48. The van der Waals surface area contributed by atoms with E-state index in [2.05, 4.69) is 19.2 Å². The van der Waals surface area contributed by atoms with Gasteiger partial charge in [-0.05, 0) is 37.5 Å². The zero-order valence-electron chi connectivity index (χ0n) is 10.6. The van der Waals surface area contributed by atoms with Gasteiger partial charge >= 0.3 is 0 Å². The average molecular weight is 213 g/mol. The van der Waals surface area contributed by atoms with Crippen LogP contribution < -0.4 is 5.32 Å². The Morgan fingerprint density at radius 3 is 2.53 bits per heavy atom. The highest BCUT2D eigenvalue weighted by Gasteiger charge is 2.41. The fraction of sp³-hybridized carbons (Fsp3) is 1.00. The standard InChI is InChI=1S/C13H27NO/c1-4-6-12(5-2)14-11-13(7-8-13)9-10-15-3/h12,14H,4-11H2,1-3H3. The summed E-state index contributed by atoms with van der Waals surface area (Å²) < 4.78 is 5.17. The highest BCUT2D eigenvalue weighted by molar-refractivity contribution is 4.95. The van der Waals surface area contributed by atoms with Gasteiger partial charge in [0.15, 0.2) is 0 Å². The van der Waals surface area contributed by atoms with Gasteiger partial charge in [0.1, 0.15) is 0 Å². The molecule has 0 spiro atoms. The molecule has 90 valence electrons. The van der Waals surface area contributed by atoms with Gasteiger partial charge in [-0.25, -0.2) is 0 Å². The first kappa shape index (κ1) is 13.0. The van der Waals surface area contributed by atoms with Gasteiger partial charge in [0.25, 0.3) is 0 Å². The minimum atomic E-state index is 0.594. The van der Waals surface area contributed by atoms with Crippen LogP contribution in [0.1, 0.15) is 52.4 Å². The molecule has 1 N–H and O–H groups in total. The number of hydrogen-bond donors (Lipinski definition) is 1. The summed E-state index contributed by atoms with van der Waals surface area (Å²) >= 11 is 0. The molecule has 1 fully saturated rings. The van der Waals surface area contributed by atoms with Crippen LogP contribution in [0.2, 0.25) is 0 Å². The molecule has 1 aliphatic rings. The lowest BCUT2D eigenvalue weighted by Gasteiger charge is -2.21. The Labute approximate surface area is 94.8 Å². The van der Waals surface area contributed by atoms with Crippen molar-refractivity contribution in [3.05, 3.63) is 0 Å². The summed E-state index contributed by atoms with van der Waals surface area (Å²) in [5.74, 6) is 0.